The smallest absolute Gasteiger partial charge is 0.294 e. The molecule has 1 saturated carbocycles. The van der Waals surface area contributed by atoms with Crippen LogP contribution in [0.2, 0.25) is 5.02 Å². The van der Waals surface area contributed by atoms with Crippen molar-refractivity contribution < 1.29 is 12.8 Å². The summed E-state index contributed by atoms with van der Waals surface area (Å²) in [5.41, 5.74) is 0.416. The Morgan fingerprint density at radius 3 is 2.55 bits per heavy atom. The lowest BCUT2D eigenvalue weighted by Crippen LogP contribution is -2.06. The van der Waals surface area contributed by atoms with Gasteiger partial charge in [0.2, 0.25) is 0 Å². The van der Waals surface area contributed by atoms with Gasteiger partial charge in [-0.15, -0.1) is 10.2 Å². The van der Waals surface area contributed by atoms with E-state index in [4.69, 9.17) is 22.3 Å². The molecule has 3 rings (SSSR count). The second-order valence-corrected chi connectivity index (χ2v) is 7.34. The number of rotatable bonds is 3. The second kappa shape index (κ2) is 4.68. The van der Waals surface area contributed by atoms with E-state index in [2.05, 4.69) is 10.2 Å². The van der Waals surface area contributed by atoms with Crippen LogP contribution in [0.1, 0.15) is 18.9 Å². The molecule has 0 bridgehead atoms. The van der Waals surface area contributed by atoms with Crippen LogP contribution in [0.5, 0.6) is 0 Å². The fourth-order valence-corrected chi connectivity index (χ4v) is 3.14. The summed E-state index contributed by atoms with van der Waals surface area (Å²) in [6.45, 7) is 0. The average Bonchev–Trinajstić information content (AvgIpc) is 3.07. The Hall–Kier alpha value is -1.18. The van der Waals surface area contributed by atoms with Crippen molar-refractivity contribution in [3.05, 3.63) is 29.0 Å². The zero-order valence-electron chi connectivity index (χ0n) is 9.92. The molecule has 1 aliphatic rings. The van der Waals surface area contributed by atoms with Crippen molar-refractivity contribution in [1.29, 1.82) is 0 Å². The Morgan fingerprint density at radius 2 is 2.00 bits per heavy atom. The third-order valence-corrected chi connectivity index (χ3v) is 4.41. The van der Waals surface area contributed by atoms with E-state index in [0.717, 1.165) is 18.9 Å². The molecule has 0 amide bonds. The maximum Gasteiger partial charge on any atom is 0.296 e. The first kappa shape index (κ1) is 13.8. The predicted octanol–water partition coefficient (Wildman–Crippen LogP) is 3.00. The molecule has 2 aromatic rings. The zero-order valence-corrected chi connectivity index (χ0v) is 12.3. The van der Waals surface area contributed by atoms with Crippen molar-refractivity contribution in [2.75, 3.05) is 0 Å². The van der Waals surface area contributed by atoms with E-state index in [0.29, 0.717) is 5.56 Å². The number of nitrogens with zero attached hydrogens (tertiary/aromatic N) is 3. The van der Waals surface area contributed by atoms with Gasteiger partial charge in [0.15, 0.2) is 5.82 Å². The fourth-order valence-electron chi connectivity index (χ4n) is 1.96. The van der Waals surface area contributed by atoms with E-state index in [1.165, 1.54) is 16.7 Å². The number of halogens is 3. The van der Waals surface area contributed by atoms with Crippen LogP contribution in [0, 0.1) is 5.82 Å². The van der Waals surface area contributed by atoms with Crippen molar-refractivity contribution in [2.24, 2.45) is 0 Å². The van der Waals surface area contributed by atoms with Gasteiger partial charge in [0.25, 0.3) is 14.2 Å². The van der Waals surface area contributed by atoms with Crippen LogP contribution in [0.4, 0.5) is 4.39 Å². The van der Waals surface area contributed by atoms with Gasteiger partial charge in [-0.2, -0.15) is 0 Å². The molecule has 1 aromatic carbocycles. The standard InChI is InChI=1S/C11H8Cl2FN3O2S/c12-9-5-6(14)1-4-8(9)10-15-16-11(20(13,18)19)17(10)7-2-3-7/h1,4-5,7H,2-3H2. The van der Waals surface area contributed by atoms with E-state index < -0.39 is 14.9 Å². The highest BCUT2D eigenvalue weighted by Gasteiger charge is 2.34. The van der Waals surface area contributed by atoms with Crippen LogP contribution in [0.15, 0.2) is 23.4 Å². The van der Waals surface area contributed by atoms with Crippen molar-refractivity contribution >= 4 is 31.3 Å². The van der Waals surface area contributed by atoms with Gasteiger partial charge in [-0.05, 0) is 31.0 Å². The van der Waals surface area contributed by atoms with Crippen LogP contribution >= 0.6 is 22.3 Å². The number of aromatic nitrogens is 3. The van der Waals surface area contributed by atoms with Crippen LogP contribution in [0.25, 0.3) is 11.4 Å². The first-order chi connectivity index (χ1) is 9.38. The Morgan fingerprint density at radius 1 is 1.30 bits per heavy atom. The Bertz CT molecular complexity index is 787. The van der Waals surface area contributed by atoms with E-state index in [-0.39, 0.29) is 22.0 Å². The summed E-state index contributed by atoms with van der Waals surface area (Å²) in [7, 11) is 1.36. The third kappa shape index (κ3) is 2.41. The van der Waals surface area contributed by atoms with Gasteiger partial charge >= 0.3 is 0 Å². The van der Waals surface area contributed by atoms with Crippen LogP contribution < -0.4 is 0 Å². The SMILES string of the molecule is O=S(=O)(Cl)c1nnc(-c2ccc(F)cc2Cl)n1C1CC1. The number of hydrogen-bond donors (Lipinski definition) is 0. The molecular weight excluding hydrogens is 328 g/mol. The van der Waals surface area contributed by atoms with Crippen molar-refractivity contribution in [1.82, 2.24) is 14.8 Å². The van der Waals surface area contributed by atoms with Crippen molar-refractivity contribution in [3.8, 4) is 11.4 Å². The minimum Gasteiger partial charge on any atom is -0.294 e. The van der Waals surface area contributed by atoms with Gasteiger partial charge < -0.3 is 0 Å². The number of benzene rings is 1. The average molecular weight is 336 g/mol. The maximum absolute atomic E-state index is 13.1. The lowest BCUT2D eigenvalue weighted by molar-refractivity contribution is 0.579. The van der Waals surface area contributed by atoms with Crippen LogP contribution in [0.3, 0.4) is 0 Å². The molecule has 1 heterocycles. The van der Waals surface area contributed by atoms with Gasteiger partial charge in [0, 0.05) is 22.3 Å². The highest BCUT2D eigenvalue weighted by molar-refractivity contribution is 8.13. The highest BCUT2D eigenvalue weighted by atomic mass is 35.7. The molecular formula is C11H8Cl2FN3O2S. The van der Waals surface area contributed by atoms with Gasteiger partial charge in [-0.3, -0.25) is 4.57 Å². The minimum atomic E-state index is -4.00. The molecule has 0 aliphatic heterocycles. The van der Waals surface area contributed by atoms with Crippen molar-refractivity contribution in [2.45, 2.75) is 24.0 Å². The van der Waals surface area contributed by atoms with Crippen LogP contribution in [-0.2, 0) is 9.05 Å². The zero-order chi connectivity index (χ0) is 14.5. The summed E-state index contributed by atoms with van der Waals surface area (Å²) < 4.78 is 37.6. The van der Waals surface area contributed by atoms with E-state index >= 15 is 0 Å². The molecule has 106 valence electrons. The molecule has 0 N–H and O–H groups in total. The molecule has 1 aromatic heterocycles. The largest absolute Gasteiger partial charge is 0.296 e. The third-order valence-electron chi connectivity index (χ3n) is 2.97. The summed E-state index contributed by atoms with van der Waals surface area (Å²) in [6.07, 6.45) is 1.62. The fraction of sp³-hybridized carbons (Fsp3) is 0.273. The second-order valence-electron chi connectivity index (χ2n) is 4.47. The molecule has 0 spiro atoms. The topological polar surface area (TPSA) is 64.8 Å². The summed E-state index contributed by atoms with van der Waals surface area (Å²) >= 11 is 5.98. The highest BCUT2D eigenvalue weighted by Crippen LogP contribution is 2.41. The minimum absolute atomic E-state index is 0.0235. The van der Waals surface area contributed by atoms with E-state index in [1.54, 1.807) is 0 Å². The predicted molar refractivity (Wildman–Crippen MR) is 71.7 cm³/mol. The summed E-state index contributed by atoms with van der Waals surface area (Å²) in [5, 5.41) is 7.30. The molecule has 9 heteroatoms. The molecule has 1 aliphatic carbocycles. The van der Waals surface area contributed by atoms with Gasteiger partial charge in [-0.25, -0.2) is 12.8 Å². The normalized spacial score (nSPS) is 15.6. The summed E-state index contributed by atoms with van der Waals surface area (Å²) in [5.74, 6) is -0.210. The molecule has 0 unspecified atom stereocenters. The van der Waals surface area contributed by atoms with Gasteiger partial charge in [-0.1, -0.05) is 11.6 Å². The molecule has 0 atom stereocenters. The maximum atomic E-state index is 13.1. The van der Waals surface area contributed by atoms with E-state index in [9.17, 15) is 12.8 Å². The quantitative estimate of drug-likeness (QED) is 0.809. The molecule has 5 nitrogen and oxygen atoms in total. The molecule has 1 fully saturated rings. The number of hydrogen-bond acceptors (Lipinski definition) is 4. The van der Waals surface area contributed by atoms with Crippen molar-refractivity contribution in [3.63, 3.8) is 0 Å². The van der Waals surface area contributed by atoms with Gasteiger partial charge in [0.05, 0.1) is 5.02 Å². The van der Waals surface area contributed by atoms with Crippen LogP contribution in [-0.4, -0.2) is 23.2 Å². The Kier molecular flexibility index (Phi) is 3.23. The Labute approximate surface area is 123 Å². The van der Waals surface area contributed by atoms with Gasteiger partial charge in [0.1, 0.15) is 5.82 Å². The first-order valence-corrected chi connectivity index (χ1v) is 8.41. The molecule has 20 heavy (non-hydrogen) atoms. The summed E-state index contributed by atoms with van der Waals surface area (Å²) in [4.78, 5) is 0. The Balaban J connectivity index is 2.22. The lowest BCUT2D eigenvalue weighted by atomic mass is 10.2. The first-order valence-electron chi connectivity index (χ1n) is 5.73. The lowest BCUT2D eigenvalue weighted by Gasteiger charge is -2.08. The molecule has 0 saturated heterocycles. The monoisotopic (exact) mass is 335 g/mol. The molecule has 0 radical (unpaired) electrons. The van der Waals surface area contributed by atoms with E-state index in [1.807, 2.05) is 0 Å². The summed E-state index contributed by atoms with van der Waals surface area (Å²) in [6, 6.07) is 3.77.